The molecule has 1 amide bonds. The monoisotopic (exact) mass is 347 g/mol. The number of para-hydroxylation sites is 1. The van der Waals surface area contributed by atoms with Crippen LogP contribution in [0.15, 0.2) is 72.9 Å². The van der Waals surface area contributed by atoms with Crippen LogP contribution < -0.4 is 15.0 Å². The SMILES string of the molecule is CCN(C(=O)c1ccc(Nc2cccc(OC)c2)cn1)c1ccccc1. The van der Waals surface area contributed by atoms with E-state index in [1.54, 1.807) is 24.3 Å². The minimum absolute atomic E-state index is 0.119. The van der Waals surface area contributed by atoms with Crippen molar-refractivity contribution in [1.29, 1.82) is 0 Å². The van der Waals surface area contributed by atoms with Gasteiger partial charge in [-0.15, -0.1) is 0 Å². The molecule has 0 radical (unpaired) electrons. The van der Waals surface area contributed by atoms with Gasteiger partial charge in [0.1, 0.15) is 11.4 Å². The van der Waals surface area contributed by atoms with E-state index >= 15 is 0 Å². The molecule has 0 saturated carbocycles. The van der Waals surface area contributed by atoms with E-state index in [1.807, 2.05) is 67.6 Å². The van der Waals surface area contributed by atoms with E-state index in [2.05, 4.69) is 10.3 Å². The summed E-state index contributed by atoms with van der Waals surface area (Å²) in [5.41, 5.74) is 2.97. The van der Waals surface area contributed by atoms with Crippen LogP contribution in [0.3, 0.4) is 0 Å². The topological polar surface area (TPSA) is 54.5 Å². The molecule has 132 valence electrons. The van der Waals surface area contributed by atoms with Crippen LogP contribution in [0, 0.1) is 0 Å². The molecule has 5 nitrogen and oxygen atoms in total. The fraction of sp³-hybridized carbons (Fsp3) is 0.143. The maximum absolute atomic E-state index is 12.8. The number of aromatic nitrogens is 1. The first-order valence-electron chi connectivity index (χ1n) is 8.45. The maximum Gasteiger partial charge on any atom is 0.276 e. The molecular weight excluding hydrogens is 326 g/mol. The molecule has 1 aromatic heterocycles. The number of hydrogen-bond donors (Lipinski definition) is 1. The summed E-state index contributed by atoms with van der Waals surface area (Å²) in [7, 11) is 1.63. The molecule has 0 bridgehead atoms. The van der Waals surface area contributed by atoms with Crippen molar-refractivity contribution >= 4 is 23.0 Å². The Labute approximate surface area is 153 Å². The van der Waals surface area contributed by atoms with Crippen LogP contribution >= 0.6 is 0 Å². The van der Waals surface area contributed by atoms with Crippen LogP contribution in [0.4, 0.5) is 17.1 Å². The van der Waals surface area contributed by atoms with Gasteiger partial charge in [0.2, 0.25) is 0 Å². The lowest BCUT2D eigenvalue weighted by Gasteiger charge is -2.20. The Morgan fingerprint density at radius 2 is 1.85 bits per heavy atom. The van der Waals surface area contributed by atoms with Gasteiger partial charge in [0.25, 0.3) is 5.91 Å². The minimum atomic E-state index is -0.119. The number of anilines is 3. The van der Waals surface area contributed by atoms with E-state index in [9.17, 15) is 4.79 Å². The molecule has 2 aromatic carbocycles. The number of carbonyl (C=O) groups excluding carboxylic acids is 1. The molecule has 3 rings (SSSR count). The maximum atomic E-state index is 12.8. The van der Waals surface area contributed by atoms with Crippen LogP contribution in [0.5, 0.6) is 5.75 Å². The summed E-state index contributed by atoms with van der Waals surface area (Å²) in [6.45, 7) is 2.53. The molecular formula is C21H21N3O2. The third-order valence-corrected chi connectivity index (χ3v) is 3.97. The van der Waals surface area contributed by atoms with Gasteiger partial charge in [0.15, 0.2) is 0 Å². The quantitative estimate of drug-likeness (QED) is 0.713. The van der Waals surface area contributed by atoms with Crippen molar-refractivity contribution in [2.45, 2.75) is 6.92 Å². The molecule has 0 spiro atoms. The van der Waals surface area contributed by atoms with Gasteiger partial charge >= 0.3 is 0 Å². The van der Waals surface area contributed by atoms with Crippen LogP contribution in [0.2, 0.25) is 0 Å². The Bertz CT molecular complexity index is 864. The molecule has 0 atom stereocenters. The summed E-state index contributed by atoms with van der Waals surface area (Å²) in [6, 6.07) is 20.8. The molecule has 0 fully saturated rings. The number of benzene rings is 2. The Hall–Kier alpha value is -3.34. The molecule has 0 saturated heterocycles. The molecule has 0 aliphatic heterocycles. The van der Waals surface area contributed by atoms with E-state index in [4.69, 9.17) is 4.74 Å². The fourth-order valence-corrected chi connectivity index (χ4v) is 2.65. The number of hydrogen-bond acceptors (Lipinski definition) is 4. The van der Waals surface area contributed by atoms with Crippen LogP contribution in [-0.4, -0.2) is 24.5 Å². The lowest BCUT2D eigenvalue weighted by Crippen LogP contribution is -2.31. The van der Waals surface area contributed by atoms with Crippen LogP contribution in [-0.2, 0) is 0 Å². The van der Waals surface area contributed by atoms with Crippen LogP contribution in [0.25, 0.3) is 0 Å². The van der Waals surface area contributed by atoms with Crippen LogP contribution in [0.1, 0.15) is 17.4 Å². The lowest BCUT2D eigenvalue weighted by atomic mass is 10.2. The molecule has 3 aromatic rings. The van der Waals surface area contributed by atoms with Crippen molar-refractivity contribution in [3.8, 4) is 5.75 Å². The van der Waals surface area contributed by atoms with Gasteiger partial charge in [0.05, 0.1) is 19.0 Å². The van der Waals surface area contributed by atoms with Gasteiger partial charge in [-0.2, -0.15) is 0 Å². The molecule has 26 heavy (non-hydrogen) atoms. The van der Waals surface area contributed by atoms with Crippen molar-refractivity contribution in [3.63, 3.8) is 0 Å². The normalized spacial score (nSPS) is 10.2. The summed E-state index contributed by atoms with van der Waals surface area (Å²) in [6.07, 6.45) is 1.66. The van der Waals surface area contributed by atoms with Crippen molar-refractivity contribution in [3.05, 3.63) is 78.6 Å². The van der Waals surface area contributed by atoms with Gasteiger partial charge in [-0.05, 0) is 43.3 Å². The Kier molecular flexibility index (Phi) is 5.49. The zero-order valence-electron chi connectivity index (χ0n) is 14.8. The van der Waals surface area contributed by atoms with Gasteiger partial charge in [0, 0.05) is 24.0 Å². The second-order valence-electron chi connectivity index (χ2n) is 5.67. The number of methoxy groups -OCH3 is 1. The summed E-state index contributed by atoms with van der Waals surface area (Å²) < 4.78 is 5.22. The Balaban J connectivity index is 1.75. The molecule has 0 aliphatic rings. The standard InChI is InChI=1S/C21H21N3O2/c1-3-24(18-9-5-4-6-10-18)21(25)20-13-12-17(15-22-20)23-16-8-7-11-19(14-16)26-2/h4-15,23H,3H2,1-2H3. The third kappa shape index (κ3) is 4.00. The van der Waals surface area contributed by atoms with E-state index < -0.39 is 0 Å². The number of amides is 1. The molecule has 1 N–H and O–H groups in total. The zero-order chi connectivity index (χ0) is 18.4. The second kappa shape index (κ2) is 8.16. The van der Waals surface area contributed by atoms with Crippen molar-refractivity contribution in [2.75, 3.05) is 23.9 Å². The van der Waals surface area contributed by atoms with E-state index in [-0.39, 0.29) is 5.91 Å². The zero-order valence-corrected chi connectivity index (χ0v) is 14.8. The highest BCUT2D eigenvalue weighted by Gasteiger charge is 2.17. The lowest BCUT2D eigenvalue weighted by molar-refractivity contribution is 0.0983. The first-order chi connectivity index (χ1) is 12.7. The number of nitrogens with one attached hydrogen (secondary N) is 1. The summed E-state index contributed by atoms with van der Waals surface area (Å²) in [5, 5.41) is 3.25. The predicted molar refractivity (Wildman–Crippen MR) is 104 cm³/mol. The Morgan fingerprint density at radius 1 is 1.04 bits per heavy atom. The fourth-order valence-electron chi connectivity index (χ4n) is 2.65. The van der Waals surface area contributed by atoms with Crippen molar-refractivity contribution < 1.29 is 9.53 Å². The van der Waals surface area contributed by atoms with Gasteiger partial charge in [-0.1, -0.05) is 24.3 Å². The summed E-state index contributed by atoms with van der Waals surface area (Å²) >= 11 is 0. The summed E-state index contributed by atoms with van der Waals surface area (Å²) in [5.74, 6) is 0.655. The smallest absolute Gasteiger partial charge is 0.276 e. The predicted octanol–water partition coefficient (Wildman–Crippen LogP) is 4.50. The minimum Gasteiger partial charge on any atom is -0.497 e. The number of nitrogens with zero attached hydrogens (tertiary/aromatic N) is 2. The first-order valence-corrected chi connectivity index (χ1v) is 8.45. The van der Waals surface area contributed by atoms with E-state index in [0.717, 1.165) is 22.8 Å². The summed E-state index contributed by atoms with van der Waals surface area (Å²) in [4.78, 5) is 18.8. The highest BCUT2D eigenvalue weighted by atomic mass is 16.5. The average Bonchev–Trinajstić information content (AvgIpc) is 2.70. The van der Waals surface area contributed by atoms with Gasteiger partial charge < -0.3 is 15.0 Å². The molecule has 1 heterocycles. The Morgan fingerprint density at radius 3 is 2.50 bits per heavy atom. The highest BCUT2D eigenvalue weighted by Crippen LogP contribution is 2.21. The van der Waals surface area contributed by atoms with Crippen molar-refractivity contribution in [1.82, 2.24) is 4.98 Å². The molecule has 0 unspecified atom stereocenters. The first kappa shape index (κ1) is 17.5. The van der Waals surface area contributed by atoms with Gasteiger partial charge in [-0.3, -0.25) is 4.79 Å². The number of rotatable bonds is 6. The van der Waals surface area contributed by atoms with E-state index in [0.29, 0.717) is 12.2 Å². The third-order valence-electron chi connectivity index (χ3n) is 3.97. The van der Waals surface area contributed by atoms with E-state index in [1.165, 1.54) is 0 Å². The van der Waals surface area contributed by atoms with Crippen molar-refractivity contribution in [2.24, 2.45) is 0 Å². The second-order valence-corrected chi connectivity index (χ2v) is 5.67. The average molecular weight is 347 g/mol. The highest BCUT2D eigenvalue weighted by molar-refractivity contribution is 6.04. The molecule has 0 aliphatic carbocycles. The largest absolute Gasteiger partial charge is 0.497 e. The van der Waals surface area contributed by atoms with Gasteiger partial charge in [-0.25, -0.2) is 4.98 Å². The number of ether oxygens (including phenoxy) is 1. The molecule has 5 heteroatoms. The number of carbonyl (C=O) groups is 1. The number of pyridine rings is 1.